The molecule has 0 aliphatic heterocycles. The van der Waals surface area contributed by atoms with Crippen molar-refractivity contribution in [3.8, 4) is 0 Å². The third-order valence-electron chi connectivity index (χ3n) is 2.17. The molecule has 0 atom stereocenters. The summed E-state index contributed by atoms with van der Waals surface area (Å²) in [6.45, 7) is 1.95. The molecule has 0 aliphatic carbocycles. The first-order valence-electron chi connectivity index (χ1n) is 4.77. The molecule has 1 aromatic rings. The maximum absolute atomic E-state index is 10.8. The van der Waals surface area contributed by atoms with Crippen LogP contribution in [0.4, 0.5) is 5.69 Å². The van der Waals surface area contributed by atoms with Crippen molar-refractivity contribution in [1.82, 2.24) is 0 Å². The Bertz CT molecular complexity index is 424. The fourth-order valence-electron chi connectivity index (χ4n) is 1.26. The van der Waals surface area contributed by atoms with Crippen LogP contribution in [-0.4, -0.2) is 10.8 Å². The molecule has 0 unspecified atom stereocenters. The first-order valence-corrected chi connectivity index (χ1v) is 5.69. The number of alkyl halides is 1. The minimum absolute atomic E-state index is 0.0421. The molecule has 0 heterocycles. The Labute approximate surface area is 104 Å². The zero-order valence-electron chi connectivity index (χ0n) is 8.74. The molecule has 1 rings (SSSR count). The summed E-state index contributed by atoms with van der Waals surface area (Å²) in [5.74, 6) is 0.361. The predicted molar refractivity (Wildman–Crippen MR) is 67.1 cm³/mol. The number of hydrogen-bond acceptors (Lipinski definition) is 2. The van der Waals surface area contributed by atoms with Gasteiger partial charge in [0, 0.05) is 17.0 Å². The van der Waals surface area contributed by atoms with Gasteiger partial charge in [-0.05, 0) is 24.6 Å². The number of nitro benzene ring substituents is 1. The van der Waals surface area contributed by atoms with Crippen LogP contribution in [0.15, 0.2) is 23.8 Å². The molecule has 3 nitrogen and oxygen atoms in total. The number of halogens is 2. The van der Waals surface area contributed by atoms with Gasteiger partial charge in [0.2, 0.25) is 0 Å². The highest BCUT2D eigenvalue weighted by molar-refractivity contribution is 6.30. The lowest BCUT2D eigenvalue weighted by Gasteiger charge is -2.02. The average molecular weight is 260 g/mol. The van der Waals surface area contributed by atoms with E-state index >= 15 is 0 Å². The maximum Gasteiger partial charge on any atom is 0.276 e. The third kappa shape index (κ3) is 3.22. The Balaban J connectivity index is 3.24. The summed E-state index contributed by atoms with van der Waals surface area (Å²) in [7, 11) is 0. The summed E-state index contributed by atoms with van der Waals surface area (Å²) in [5.41, 5.74) is 1.47. The van der Waals surface area contributed by atoms with E-state index in [1.54, 1.807) is 12.1 Å². The van der Waals surface area contributed by atoms with Gasteiger partial charge < -0.3 is 0 Å². The molecule has 1 aromatic carbocycles. The molecule has 86 valence electrons. The van der Waals surface area contributed by atoms with E-state index in [1.165, 1.54) is 12.1 Å². The highest BCUT2D eigenvalue weighted by Crippen LogP contribution is 2.25. The van der Waals surface area contributed by atoms with E-state index in [-0.39, 0.29) is 5.69 Å². The van der Waals surface area contributed by atoms with Crippen LogP contribution in [0.2, 0.25) is 5.02 Å². The van der Waals surface area contributed by atoms with Crippen LogP contribution >= 0.6 is 23.2 Å². The SMILES string of the molecule is CC/C(=C/c1cc(Cl)ccc1[N+](=O)[O-])CCl. The van der Waals surface area contributed by atoms with Gasteiger partial charge >= 0.3 is 0 Å². The Morgan fingerprint density at radius 2 is 2.25 bits per heavy atom. The maximum atomic E-state index is 10.8. The fraction of sp³-hybridized carbons (Fsp3) is 0.273. The summed E-state index contributed by atoms with van der Waals surface area (Å²) in [5, 5.41) is 11.3. The lowest BCUT2D eigenvalue weighted by atomic mass is 10.1. The molecule has 0 aliphatic rings. The normalized spacial score (nSPS) is 11.6. The molecule has 0 bridgehead atoms. The Morgan fingerprint density at radius 3 is 2.75 bits per heavy atom. The van der Waals surface area contributed by atoms with Crippen LogP contribution in [0.3, 0.4) is 0 Å². The van der Waals surface area contributed by atoms with Crippen LogP contribution in [0, 0.1) is 10.1 Å². The number of rotatable bonds is 4. The van der Waals surface area contributed by atoms with Gasteiger partial charge in [-0.3, -0.25) is 10.1 Å². The number of nitro groups is 1. The molecule has 0 N–H and O–H groups in total. The molecule has 16 heavy (non-hydrogen) atoms. The standard InChI is InChI=1S/C11H11Cl2NO2/c1-2-8(7-12)5-9-6-10(13)3-4-11(9)14(15)16/h3-6H,2,7H2,1H3/b8-5-. The van der Waals surface area contributed by atoms with Gasteiger partial charge in [-0.2, -0.15) is 0 Å². The van der Waals surface area contributed by atoms with Gasteiger partial charge in [0.15, 0.2) is 0 Å². The number of hydrogen-bond donors (Lipinski definition) is 0. The van der Waals surface area contributed by atoms with Crippen LogP contribution in [0.1, 0.15) is 18.9 Å². The zero-order valence-corrected chi connectivity index (χ0v) is 10.3. The molecule has 0 saturated carbocycles. The second-order valence-corrected chi connectivity index (χ2v) is 3.95. The van der Waals surface area contributed by atoms with Gasteiger partial charge in [-0.25, -0.2) is 0 Å². The molecule has 5 heteroatoms. The quantitative estimate of drug-likeness (QED) is 0.460. The fourth-order valence-corrected chi connectivity index (χ4v) is 1.71. The zero-order chi connectivity index (χ0) is 12.1. The molecular formula is C11H11Cl2NO2. The van der Waals surface area contributed by atoms with Gasteiger partial charge in [0.1, 0.15) is 0 Å². The smallest absolute Gasteiger partial charge is 0.258 e. The largest absolute Gasteiger partial charge is 0.276 e. The first-order chi connectivity index (χ1) is 7.58. The summed E-state index contributed by atoms with van der Waals surface area (Å²) < 4.78 is 0. The minimum atomic E-state index is -0.427. The van der Waals surface area contributed by atoms with Crippen LogP contribution in [-0.2, 0) is 0 Å². The van der Waals surface area contributed by atoms with E-state index in [1.807, 2.05) is 6.92 Å². The summed E-state index contributed by atoms with van der Waals surface area (Å²) in [6.07, 6.45) is 2.48. The molecule has 0 saturated heterocycles. The highest BCUT2D eigenvalue weighted by atomic mass is 35.5. The highest BCUT2D eigenvalue weighted by Gasteiger charge is 2.12. The van der Waals surface area contributed by atoms with Gasteiger partial charge in [-0.15, -0.1) is 11.6 Å². The lowest BCUT2D eigenvalue weighted by Crippen LogP contribution is -1.92. The third-order valence-corrected chi connectivity index (χ3v) is 2.75. The van der Waals surface area contributed by atoms with Crippen molar-refractivity contribution in [3.63, 3.8) is 0 Å². The van der Waals surface area contributed by atoms with Gasteiger partial charge in [-0.1, -0.05) is 24.1 Å². The van der Waals surface area contributed by atoms with Crippen molar-refractivity contribution >= 4 is 35.0 Å². The summed E-state index contributed by atoms with van der Waals surface area (Å²) in [4.78, 5) is 10.4. The second-order valence-electron chi connectivity index (χ2n) is 3.25. The Kier molecular flexibility index (Phi) is 4.77. The van der Waals surface area contributed by atoms with Gasteiger partial charge in [0.05, 0.1) is 10.5 Å². The molecule has 0 amide bonds. The molecule has 0 aromatic heterocycles. The summed E-state index contributed by atoms with van der Waals surface area (Å²) in [6, 6.07) is 4.47. The van der Waals surface area contributed by atoms with Gasteiger partial charge in [0.25, 0.3) is 5.69 Å². The van der Waals surface area contributed by atoms with Crippen LogP contribution in [0.5, 0.6) is 0 Å². The Morgan fingerprint density at radius 1 is 1.56 bits per heavy atom. The van der Waals surface area contributed by atoms with Crippen molar-refractivity contribution in [1.29, 1.82) is 0 Å². The topological polar surface area (TPSA) is 43.1 Å². The minimum Gasteiger partial charge on any atom is -0.258 e. The second kappa shape index (κ2) is 5.87. The van der Waals surface area contributed by atoms with Crippen LogP contribution < -0.4 is 0 Å². The van der Waals surface area contributed by atoms with Crippen molar-refractivity contribution in [3.05, 3.63) is 44.5 Å². The molecule has 0 spiro atoms. The first kappa shape index (κ1) is 13.0. The lowest BCUT2D eigenvalue weighted by molar-refractivity contribution is -0.385. The van der Waals surface area contributed by atoms with Crippen molar-refractivity contribution in [2.24, 2.45) is 0 Å². The van der Waals surface area contributed by atoms with E-state index in [0.29, 0.717) is 16.5 Å². The van der Waals surface area contributed by atoms with E-state index < -0.39 is 4.92 Å². The average Bonchev–Trinajstić information content (AvgIpc) is 2.25. The van der Waals surface area contributed by atoms with E-state index in [9.17, 15) is 10.1 Å². The Hall–Kier alpha value is -1.06. The number of allylic oxidation sites excluding steroid dienone is 1. The van der Waals surface area contributed by atoms with E-state index in [4.69, 9.17) is 23.2 Å². The van der Waals surface area contributed by atoms with Crippen molar-refractivity contribution < 1.29 is 4.92 Å². The van der Waals surface area contributed by atoms with E-state index in [0.717, 1.165) is 12.0 Å². The number of benzene rings is 1. The molecule has 0 fully saturated rings. The number of nitrogens with zero attached hydrogens (tertiary/aromatic N) is 1. The predicted octanol–water partition coefficient (Wildman–Crippen LogP) is 4.28. The van der Waals surface area contributed by atoms with Crippen LogP contribution in [0.25, 0.3) is 6.08 Å². The van der Waals surface area contributed by atoms with Crippen molar-refractivity contribution in [2.45, 2.75) is 13.3 Å². The van der Waals surface area contributed by atoms with Crippen molar-refractivity contribution in [2.75, 3.05) is 5.88 Å². The van der Waals surface area contributed by atoms with E-state index in [2.05, 4.69) is 0 Å². The molecule has 0 radical (unpaired) electrons. The monoisotopic (exact) mass is 259 g/mol. The summed E-state index contributed by atoms with van der Waals surface area (Å²) >= 11 is 11.5. The molecular weight excluding hydrogens is 249 g/mol.